The Kier molecular flexibility index (Phi) is 7.29. The van der Waals surface area contributed by atoms with Crippen molar-refractivity contribution in [2.75, 3.05) is 7.11 Å². The highest BCUT2D eigenvalue weighted by Gasteiger charge is 2.14. The van der Waals surface area contributed by atoms with Crippen LogP contribution >= 0.6 is 27.5 Å². The van der Waals surface area contributed by atoms with Crippen molar-refractivity contribution in [3.05, 3.63) is 97.0 Å². The van der Waals surface area contributed by atoms with Crippen LogP contribution in [0.2, 0.25) is 5.02 Å². The zero-order valence-electron chi connectivity index (χ0n) is 16.3. The van der Waals surface area contributed by atoms with E-state index in [1.54, 1.807) is 24.3 Å². The molecule has 0 aliphatic carbocycles. The molecule has 0 saturated heterocycles. The number of non-ortho nitro benzene ring substituents is 1. The molecule has 0 aliphatic heterocycles. The molecule has 0 heterocycles. The van der Waals surface area contributed by atoms with Crippen LogP contribution in [0.4, 0.5) is 5.69 Å². The van der Waals surface area contributed by atoms with E-state index in [-0.39, 0.29) is 11.3 Å². The fourth-order valence-electron chi connectivity index (χ4n) is 2.83. The summed E-state index contributed by atoms with van der Waals surface area (Å²) in [6.07, 6.45) is 1.59. The minimum atomic E-state index is -0.504. The minimum absolute atomic E-state index is 0.0917. The third kappa shape index (κ3) is 5.63. The van der Waals surface area contributed by atoms with E-state index < -0.39 is 4.92 Å². The maximum atomic E-state index is 11.0. The Hall–Kier alpha value is -3.34. The number of rotatable bonds is 7. The average molecular weight is 500 g/mol. The number of nitro benzene ring substituents is 1. The molecular formula is C23H16BrClN2O4. The van der Waals surface area contributed by atoms with Crippen LogP contribution in [-0.2, 0) is 6.61 Å². The topological polar surface area (TPSA) is 85.4 Å². The van der Waals surface area contributed by atoms with E-state index in [0.29, 0.717) is 34.3 Å². The molecule has 3 rings (SSSR count). The van der Waals surface area contributed by atoms with Gasteiger partial charge in [0.1, 0.15) is 6.61 Å². The van der Waals surface area contributed by atoms with Crippen molar-refractivity contribution in [1.29, 1.82) is 5.26 Å². The smallest absolute Gasteiger partial charge is 0.270 e. The monoisotopic (exact) mass is 498 g/mol. The number of nitrogens with zero attached hydrogens (tertiary/aromatic N) is 2. The van der Waals surface area contributed by atoms with E-state index in [2.05, 4.69) is 22.0 Å². The largest absolute Gasteiger partial charge is 0.493 e. The first-order valence-electron chi connectivity index (χ1n) is 9.02. The highest BCUT2D eigenvalue weighted by molar-refractivity contribution is 9.10. The predicted octanol–water partition coefficient (Wildman–Crippen LogP) is 6.66. The average Bonchev–Trinajstić information content (AvgIpc) is 2.77. The number of hydrogen-bond donors (Lipinski definition) is 0. The van der Waals surface area contributed by atoms with Crippen LogP contribution in [0, 0.1) is 21.4 Å². The van der Waals surface area contributed by atoms with Gasteiger partial charge in [0, 0.05) is 16.6 Å². The molecule has 31 heavy (non-hydrogen) atoms. The van der Waals surface area contributed by atoms with Crippen molar-refractivity contribution >= 4 is 44.9 Å². The van der Waals surface area contributed by atoms with Crippen LogP contribution in [0.3, 0.4) is 0 Å². The summed E-state index contributed by atoms with van der Waals surface area (Å²) in [6, 6.07) is 19.0. The molecule has 0 spiro atoms. The molecule has 0 amide bonds. The van der Waals surface area contributed by atoms with E-state index in [1.165, 1.54) is 25.3 Å². The minimum Gasteiger partial charge on any atom is -0.493 e. The van der Waals surface area contributed by atoms with Crippen LogP contribution in [0.15, 0.2) is 65.1 Å². The van der Waals surface area contributed by atoms with Gasteiger partial charge in [-0.1, -0.05) is 51.8 Å². The normalized spacial score (nSPS) is 11.0. The van der Waals surface area contributed by atoms with E-state index in [4.69, 9.17) is 21.1 Å². The van der Waals surface area contributed by atoms with Crippen molar-refractivity contribution in [3.63, 3.8) is 0 Å². The zero-order chi connectivity index (χ0) is 22.4. The summed E-state index contributed by atoms with van der Waals surface area (Å²) in [5.41, 5.74) is 2.15. The Labute approximate surface area is 192 Å². The molecule has 0 bridgehead atoms. The summed E-state index contributed by atoms with van der Waals surface area (Å²) >= 11 is 9.82. The number of methoxy groups -OCH3 is 1. The third-order valence-corrected chi connectivity index (χ3v) is 5.16. The molecule has 0 aromatic heterocycles. The number of halogens is 2. The molecule has 8 heteroatoms. The zero-order valence-corrected chi connectivity index (χ0v) is 18.7. The number of benzene rings is 3. The fourth-order valence-corrected chi connectivity index (χ4v) is 3.37. The first-order valence-corrected chi connectivity index (χ1v) is 10.2. The molecule has 3 aromatic rings. The molecule has 156 valence electrons. The van der Waals surface area contributed by atoms with Crippen molar-refractivity contribution < 1.29 is 14.4 Å². The number of hydrogen-bond acceptors (Lipinski definition) is 5. The lowest BCUT2D eigenvalue weighted by molar-refractivity contribution is -0.384. The predicted molar refractivity (Wildman–Crippen MR) is 123 cm³/mol. The molecule has 0 fully saturated rings. The summed E-state index contributed by atoms with van der Waals surface area (Å²) < 4.78 is 12.3. The van der Waals surface area contributed by atoms with E-state index in [1.807, 2.05) is 24.3 Å². The van der Waals surface area contributed by atoms with Gasteiger partial charge in [-0.3, -0.25) is 10.1 Å². The molecule has 0 unspecified atom stereocenters. The Morgan fingerprint density at radius 1 is 1.23 bits per heavy atom. The Morgan fingerprint density at radius 3 is 2.61 bits per heavy atom. The number of nitro groups is 1. The van der Waals surface area contributed by atoms with Crippen LogP contribution in [0.5, 0.6) is 11.5 Å². The summed E-state index contributed by atoms with van der Waals surface area (Å²) in [6.45, 7) is 0.301. The molecule has 0 N–H and O–H groups in total. The molecule has 0 saturated carbocycles. The first kappa shape index (κ1) is 22.3. The Balaban J connectivity index is 1.90. The Bertz CT molecular complexity index is 1190. The molecule has 0 atom stereocenters. The summed E-state index contributed by atoms with van der Waals surface area (Å²) in [4.78, 5) is 10.5. The number of allylic oxidation sites excluding steroid dienone is 1. The lowest BCUT2D eigenvalue weighted by Gasteiger charge is -2.14. The molecule has 0 aliphatic rings. The van der Waals surface area contributed by atoms with Gasteiger partial charge in [-0.15, -0.1) is 0 Å². The summed E-state index contributed by atoms with van der Waals surface area (Å²) in [7, 11) is 1.50. The second-order valence-corrected chi connectivity index (χ2v) is 7.75. The molecule has 3 aromatic carbocycles. The Morgan fingerprint density at radius 2 is 1.97 bits per heavy atom. The van der Waals surface area contributed by atoms with Gasteiger partial charge in [-0.05, 0) is 47.0 Å². The second-order valence-electron chi connectivity index (χ2n) is 6.43. The van der Waals surface area contributed by atoms with Gasteiger partial charge in [0.15, 0.2) is 11.5 Å². The number of nitriles is 1. The first-order chi connectivity index (χ1) is 14.9. The van der Waals surface area contributed by atoms with Crippen molar-refractivity contribution in [2.24, 2.45) is 0 Å². The maximum Gasteiger partial charge on any atom is 0.270 e. The van der Waals surface area contributed by atoms with Gasteiger partial charge in [-0.2, -0.15) is 5.26 Å². The lowest BCUT2D eigenvalue weighted by atomic mass is 10.0. The van der Waals surface area contributed by atoms with Crippen LogP contribution in [-0.4, -0.2) is 12.0 Å². The highest BCUT2D eigenvalue weighted by atomic mass is 79.9. The summed E-state index contributed by atoms with van der Waals surface area (Å²) in [5, 5.41) is 20.9. The van der Waals surface area contributed by atoms with E-state index >= 15 is 0 Å². The molecule has 0 radical (unpaired) electrons. The standard InChI is InChI=1S/C23H16BrClN2O4/c1-30-22-11-16(9-18(13-26)17-3-2-4-20(12-17)27(28)29)10-21(25)23(22)31-14-15-5-7-19(24)8-6-15/h2-12H,14H2,1H3/b18-9-. The fraction of sp³-hybridized carbons (Fsp3) is 0.0870. The van der Waals surface area contributed by atoms with Crippen molar-refractivity contribution in [2.45, 2.75) is 6.61 Å². The van der Waals surface area contributed by atoms with Gasteiger partial charge in [0.05, 0.1) is 28.7 Å². The SMILES string of the molecule is COc1cc(/C=C(/C#N)c2cccc([N+](=O)[O-])c2)cc(Cl)c1OCc1ccc(Br)cc1. The van der Waals surface area contributed by atoms with Gasteiger partial charge in [0.25, 0.3) is 5.69 Å². The van der Waals surface area contributed by atoms with Crippen molar-refractivity contribution in [3.8, 4) is 17.6 Å². The van der Waals surface area contributed by atoms with Crippen LogP contribution in [0.1, 0.15) is 16.7 Å². The number of ether oxygens (including phenoxy) is 2. The molecule has 6 nitrogen and oxygen atoms in total. The maximum absolute atomic E-state index is 11.0. The van der Waals surface area contributed by atoms with Crippen molar-refractivity contribution in [1.82, 2.24) is 0 Å². The quantitative estimate of drug-likeness (QED) is 0.157. The highest BCUT2D eigenvalue weighted by Crippen LogP contribution is 2.38. The second kappa shape index (κ2) is 10.1. The van der Waals surface area contributed by atoms with Crippen LogP contribution in [0.25, 0.3) is 11.6 Å². The van der Waals surface area contributed by atoms with Gasteiger partial charge < -0.3 is 9.47 Å². The molecular weight excluding hydrogens is 484 g/mol. The van der Waals surface area contributed by atoms with E-state index in [9.17, 15) is 15.4 Å². The van der Waals surface area contributed by atoms with Crippen LogP contribution < -0.4 is 9.47 Å². The lowest BCUT2D eigenvalue weighted by Crippen LogP contribution is -1.99. The van der Waals surface area contributed by atoms with Gasteiger partial charge in [-0.25, -0.2) is 0 Å². The van der Waals surface area contributed by atoms with Gasteiger partial charge in [0.2, 0.25) is 0 Å². The third-order valence-electron chi connectivity index (χ3n) is 4.35. The van der Waals surface area contributed by atoms with E-state index in [0.717, 1.165) is 10.0 Å². The van der Waals surface area contributed by atoms with Gasteiger partial charge >= 0.3 is 0 Å². The summed E-state index contributed by atoms with van der Waals surface area (Å²) in [5.74, 6) is 0.797.